The fraction of sp³-hybridized carbons (Fsp3) is 0.791. The van der Waals surface area contributed by atoms with Gasteiger partial charge in [0.1, 0.15) is 0 Å². The first-order chi connectivity index (χ1) is 23.5. The molecular formula is C43H79NO4. The van der Waals surface area contributed by atoms with Crippen molar-refractivity contribution in [1.29, 1.82) is 0 Å². The van der Waals surface area contributed by atoms with Gasteiger partial charge >= 0.3 is 0 Å². The summed E-state index contributed by atoms with van der Waals surface area (Å²) in [5.41, 5.74) is 0. The number of aliphatic hydroxyl groups is 3. The highest BCUT2D eigenvalue weighted by molar-refractivity contribution is 5.76. The Balaban J connectivity index is 3.81. The lowest BCUT2D eigenvalue weighted by Crippen LogP contribution is -2.45. The summed E-state index contributed by atoms with van der Waals surface area (Å²) < 4.78 is 0. The van der Waals surface area contributed by atoms with E-state index in [2.05, 4.69) is 55.6 Å². The largest absolute Gasteiger partial charge is 0.394 e. The molecule has 5 nitrogen and oxygen atoms in total. The van der Waals surface area contributed by atoms with Gasteiger partial charge in [0, 0.05) is 0 Å². The van der Waals surface area contributed by atoms with Crippen LogP contribution in [0.15, 0.2) is 48.6 Å². The molecule has 0 aromatic carbocycles. The van der Waals surface area contributed by atoms with Crippen molar-refractivity contribution in [3.63, 3.8) is 0 Å². The van der Waals surface area contributed by atoms with Crippen molar-refractivity contribution in [2.45, 2.75) is 212 Å². The monoisotopic (exact) mass is 674 g/mol. The Kier molecular flexibility index (Phi) is 36.8. The van der Waals surface area contributed by atoms with Gasteiger partial charge < -0.3 is 20.6 Å². The summed E-state index contributed by atoms with van der Waals surface area (Å²) in [5.74, 6) is -0.340. The fourth-order valence-electron chi connectivity index (χ4n) is 5.89. The molecule has 0 saturated carbocycles. The predicted molar refractivity (Wildman–Crippen MR) is 208 cm³/mol. The fourth-order valence-corrected chi connectivity index (χ4v) is 5.89. The van der Waals surface area contributed by atoms with Crippen molar-refractivity contribution < 1.29 is 20.1 Å². The number of carbonyl (C=O) groups excluding carboxylic acids is 1. The summed E-state index contributed by atoms with van der Waals surface area (Å²) in [6, 6.07) is -0.772. The molecule has 280 valence electrons. The van der Waals surface area contributed by atoms with Crippen LogP contribution in [0, 0.1) is 0 Å². The van der Waals surface area contributed by atoms with Crippen LogP contribution in [0.2, 0.25) is 0 Å². The highest BCUT2D eigenvalue weighted by Crippen LogP contribution is 2.13. The summed E-state index contributed by atoms with van der Waals surface area (Å²) in [5, 5.41) is 33.1. The van der Waals surface area contributed by atoms with E-state index in [0.717, 1.165) is 51.4 Å². The molecule has 3 unspecified atom stereocenters. The van der Waals surface area contributed by atoms with E-state index in [9.17, 15) is 20.1 Å². The highest BCUT2D eigenvalue weighted by atomic mass is 16.3. The number of aliphatic hydroxyl groups excluding tert-OH is 3. The van der Waals surface area contributed by atoms with Crippen molar-refractivity contribution in [2.75, 3.05) is 6.61 Å². The van der Waals surface area contributed by atoms with E-state index in [1.165, 1.54) is 116 Å². The second kappa shape index (κ2) is 38.1. The summed E-state index contributed by atoms with van der Waals surface area (Å²) in [7, 11) is 0. The molecule has 0 aromatic heterocycles. The zero-order valence-corrected chi connectivity index (χ0v) is 31.6. The van der Waals surface area contributed by atoms with Crippen LogP contribution in [-0.4, -0.2) is 46.1 Å². The Labute approximate surface area is 297 Å². The first-order valence-corrected chi connectivity index (χ1v) is 20.4. The first kappa shape index (κ1) is 46.3. The summed E-state index contributed by atoms with van der Waals surface area (Å²) >= 11 is 0. The molecule has 4 N–H and O–H groups in total. The average molecular weight is 674 g/mol. The Bertz CT molecular complexity index is 790. The summed E-state index contributed by atoms with van der Waals surface area (Å²) in [6.45, 7) is 4.17. The summed E-state index contributed by atoms with van der Waals surface area (Å²) in [6.07, 6.45) is 48.1. The maximum absolute atomic E-state index is 12.4. The number of nitrogens with one attached hydrogen (secondary N) is 1. The molecule has 0 fully saturated rings. The van der Waals surface area contributed by atoms with Crippen LogP contribution in [0.4, 0.5) is 0 Å². The smallest absolute Gasteiger partial charge is 0.222 e. The third-order valence-electron chi connectivity index (χ3n) is 9.07. The Hall–Kier alpha value is -1.69. The minimum Gasteiger partial charge on any atom is -0.394 e. The van der Waals surface area contributed by atoms with Gasteiger partial charge in [-0.25, -0.2) is 0 Å². The number of hydrogen-bond acceptors (Lipinski definition) is 4. The number of carbonyl (C=O) groups is 1. The van der Waals surface area contributed by atoms with Crippen LogP contribution < -0.4 is 5.32 Å². The molecule has 0 saturated heterocycles. The quantitative estimate of drug-likeness (QED) is 0.0393. The van der Waals surface area contributed by atoms with Crippen LogP contribution in [0.3, 0.4) is 0 Å². The van der Waals surface area contributed by atoms with E-state index in [4.69, 9.17) is 0 Å². The number of unbranched alkanes of at least 4 members (excludes halogenated alkanes) is 21. The average Bonchev–Trinajstić information content (AvgIpc) is 3.08. The molecule has 0 radical (unpaired) electrons. The first-order valence-electron chi connectivity index (χ1n) is 20.4. The van der Waals surface area contributed by atoms with Crippen LogP contribution >= 0.6 is 0 Å². The number of allylic oxidation sites excluding steroid dienone is 7. The maximum Gasteiger partial charge on any atom is 0.222 e. The van der Waals surface area contributed by atoms with Crippen molar-refractivity contribution >= 4 is 5.91 Å². The third kappa shape index (κ3) is 34.2. The molecule has 48 heavy (non-hydrogen) atoms. The molecule has 0 heterocycles. The van der Waals surface area contributed by atoms with Gasteiger partial charge in [-0.15, -0.1) is 0 Å². The lowest BCUT2D eigenvalue weighted by molar-refractivity contribution is -0.124. The second-order valence-corrected chi connectivity index (χ2v) is 13.9. The van der Waals surface area contributed by atoms with E-state index in [1.807, 2.05) is 6.08 Å². The van der Waals surface area contributed by atoms with E-state index < -0.39 is 18.2 Å². The van der Waals surface area contributed by atoms with Gasteiger partial charge in [-0.2, -0.15) is 0 Å². The lowest BCUT2D eigenvalue weighted by atomic mass is 10.1. The Morgan fingerprint density at radius 3 is 1.33 bits per heavy atom. The van der Waals surface area contributed by atoms with Crippen molar-refractivity contribution in [3.05, 3.63) is 48.6 Å². The molecule has 0 aromatic rings. The van der Waals surface area contributed by atoms with Crippen molar-refractivity contribution in [1.82, 2.24) is 5.32 Å². The second-order valence-electron chi connectivity index (χ2n) is 13.9. The minimum atomic E-state index is -0.963. The lowest BCUT2D eigenvalue weighted by Gasteiger charge is -2.20. The van der Waals surface area contributed by atoms with E-state index in [-0.39, 0.29) is 18.9 Å². The van der Waals surface area contributed by atoms with Gasteiger partial charge in [-0.1, -0.05) is 165 Å². The predicted octanol–water partition coefficient (Wildman–Crippen LogP) is 11.4. The minimum absolute atomic E-state index is 0.00941. The van der Waals surface area contributed by atoms with Gasteiger partial charge in [0.25, 0.3) is 0 Å². The van der Waals surface area contributed by atoms with Crippen molar-refractivity contribution in [2.24, 2.45) is 0 Å². The highest BCUT2D eigenvalue weighted by Gasteiger charge is 2.20. The Morgan fingerprint density at radius 1 is 0.521 bits per heavy atom. The molecule has 0 aliphatic heterocycles. The van der Waals surface area contributed by atoms with Crippen LogP contribution in [0.25, 0.3) is 0 Å². The number of amides is 1. The molecule has 0 spiro atoms. The molecule has 3 atom stereocenters. The zero-order chi connectivity index (χ0) is 35.2. The Morgan fingerprint density at radius 2 is 0.896 bits per heavy atom. The van der Waals surface area contributed by atoms with Gasteiger partial charge in [0.2, 0.25) is 5.91 Å². The van der Waals surface area contributed by atoms with Crippen LogP contribution in [-0.2, 0) is 4.79 Å². The molecule has 0 aliphatic carbocycles. The van der Waals surface area contributed by atoms with Crippen LogP contribution in [0.1, 0.15) is 194 Å². The number of rotatable bonds is 36. The molecule has 0 aliphatic rings. The van der Waals surface area contributed by atoms with Gasteiger partial charge in [-0.05, 0) is 70.6 Å². The maximum atomic E-state index is 12.4. The molecule has 5 heteroatoms. The summed E-state index contributed by atoms with van der Waals surface area (Å²) in [4.78, 5) is 12.4. The molecular weight excluding hydrogens is 594 g/mol. The van der Waals surface area contributed by atoms with E-state index in [0.29, 0.717) is 6.42 Å². The van der Waals surface area contributed by atoms with Gasteiger partial charge in [-0.3, -0.25) is 4.79 Å². The SMILES string of the molecule is CCCCCCCCC/C=C\CCCCCC(O)CC(=O)NC(CO)C(O)/C=C/CC/C=C/CC/C=C/CCCCCCCCCCC. The zero-order valence-electron chi connectivity index (χ0n) is 31.6. The van der Waals surface area contributed by atoms with Crippen LogP contribution in [0.5, 0.6) is 0 Å². The normalized spacial score (nSPS) is 14.2. The standard InChI is InChI=1S/C43H79NO4/c1-3-5-7-9-11-13-15-17-19-20-21-22-23-25-27-29-31-33-35-37-42(47)41(39-45)44-43(48)38-40(46)36-34-32-30-28-26-24-18-16-14-12-10-8-6-4-2/h21-22,24,26-27,29,35,37,40-42,45-47H,3-20,23,25,28,30-34,36,38-39H2,1-2H3,(H,44,48)/b22-21+,26-24-,29-27+,37-35+. The van der Waals surface area contributed by atoms with Crippen molar-refractivity contribution in [3.8, 4) is 0 Å². The molecule has 1 amide bonds. The molecule has 0 rings (SSSR count). The third-order valence-corrected chi connectivity index (χ3v) is 9.07. The van der Waals surface area contributed by atoms with Gasteiger partial charge in [0.15, 0.2) is 0 Å². The topological polar surface area (TPSA) is 89.8 Å². The number of hydrogen-bond donors (Lipinski definition) is 4. The van der Waals surface area contributed by atoms with Gasteiger partial charge in [0.05, 0.1) is 31.3 Å². The van der Waals surface area contributed by atoms with E-state index >= 15 is 0 Å². The van der Waals surface area contributed by atoms with E-state index in [1.54, 1.807) is 6.08 Å². The molecule has 0 bridgehead atoms.